The van der Waals surface area contributed by atoms with Gasteiger partial charge in [-0.2, -0.15) is 13.2 Å². The van der Waals surface area contributed by atoms with Gasteiger partial charge in [-0.15, -0.1) is 0 Å². The molecule has 0 saturated heterocycles. The van der Waals surface area contributed by atoms with E-state index in [2.05, 4.69) is 21.2 Å². The van der Waals surface area contributed by atoms with Crippen molar-refractivity contribution in [1.82, 2.24) is 10.2 Å². The van der Waals surface area contributed by atoms with Gasteiger partial charge in [-0.25, -0.2) is 8.42 Å². The first-order valence-electron chi connectivity index (χ1n) is 10.7. The Labute approximate surface area is 221 Å². The summed E-state index contributed by atoms with van der Waals surface area (Å²) in [5.41, 5.74) is -0.961. The zero-order chi connectivity index (χ0) is 27.4. The molecule has 0 saturated carbocycles. The van der Waals surface area contributed by atoms with Crippen LogP contribution in [-0.4, -0.2) is 50.0 Å². The van der Waals surface area contributed by atoms with E-state index in [1.807, 2.05) is 0 Å². The number of sulfonamides is 1. The van der Waals surface area contributed by atoms with Gasteiger partial charge in [-0.1, -0.05) is 39.7 Å². The van der Waals surface area contributed by atoms with E-state index < -0.39 is 51.2 Å². The van der Waals surface area contributed by atoms with Gasteiger partial charge in [-0.05, 0) is 56.7 Å². The average molecular weight is 613 g/mol. The maximum atomic E-state index is 13.4. The standard InChI is InChI=1S/C23H26BrClF3N3O4S/c1-14(2)29-22(33)15(3)30(12-16-5-7-17(24)8-6-16)21(32)13-31(36(4,34)35)18-9-10-20(25)19(11-18)23(26,27)28/h5-11,14-15H,12-13H2,1-4H3,(H,29,33)/t15-/m1/s1. The molecule has 7 nitrogen and oxygen atoms in total. The van der Waals surface area contributed by atoms with Crippen LogP contribution in [0.5, 0.6) is 0 Å². The van der Waals surface area contributed by atoms with Crippen LogP contribution in [0.2, 0.25) is 5.02 Å². The Bertz CT molecular complexity index is 1210. The van der Waals surface area contributed by atoms with Crippen molar-refractivity contribution in [3.8, 4) is 0 Å². The Balaban J connectivity index is 2.47. The fourth-order valence-corrected chi connectivity index (χ4v) is 4.60. The van der Waals surface area contributed by atoms with Crippen molar-refractivity contribution in [2.24, 2.45) is 0 Å². The van der Waals surface area contributed by atoms with Gasteiger partial charge in [0.25, 0.3) is 0 Å². The second-order valence-electron chi connectivity index (χ2n) is 8.42. The number of nitrogens with one attached hydrogen (secondary N) is 1. The molecule has 0 spiro atoms. The quantitative estimate of drug-likeness (QED) is 0.440. The molecule has 2 aromatic carbocycles. The number of hydrogen-bond donors (Lipinski definition) is 1. The lowest BCUT2D eigenvalue weighted by atomic mass is 10.1. The van der Waals surface area contributed by atoms with E-state index in [-0.39, 0.29) is 18.3 Å². The predicted molar refractivity (Wildman–Crippen MR) is 136 cm³/mol. The summed E-state index contributed by atoms with van der Waals surface area (Å²) in [4.78, 5) is 27.3. The van der Waals surface area contributed by atoms with Crippen LogP contribution in [0.15, 0.2) is 46.9 Å². The molecule has 0 aliphatic carbocycles. The number of nitrogens with zero attached hydrogens (tertiary/aromatic N) is 2. The minimum Gasteiger partial charge on any atom is -0.352 e. The van der Waals surface area contributed by atoms with E-state index in [0.717, 1.165) is 22.9 Å². The molecule has 198 valence electrons. The summed E-state index contributed by atoms with van der Waals surface area (Å²) in [5, 5.41) is 2.10. The van der Waals surface area contributed by atoms with Crippen molar-refractivity contribution in [2.45, 2.75) is 45.6 Å². The maximum absolute atomic E-state index is 13.4. The van der Waals surface area contributed by atoms with Crippen LogP contribution >= 0.6 is 27.5 Å². The van der Waals surface area contributed by atoms with Gasteiger partial charge in [0, 0.05) is 17.1 Å². The van der Waals surface area contributed by atoms with Crippen molar-refractivity contribution in [3.63, 3.8) is 0 Å². The Kier molecular flexibility index (Phi) is 9.83. The molecule has 0 heterocycles. The van der Waals surface area contributed by atoms with E-state index in [9.17, 15) is 31.2 Å². The van der Waals surface area contributed by atoms with E-state index in [1.54, 1.807) is 38.1 Å². The SMILES string of the molecule is CC(C)NC(=O)[C@@H](C)N(Cc1ccc(Br)cc1)C(=O)CN(c1ccc(Cl)c(C(F)(F)F)c1)S(C)(=O)=O. The van der Waals surface area contributed by atoms with Crippen LogP contribution in [-0.2, 0) is 32.3 Å². The number of carbonyl (C=O) groups excluding carboxylic acids is 2. The summed E-state index contributed by atoms with van der Waals surface area (Å²) in [6.07, 6.45) is -4.06. The van der Waals surface area contributed by atoms with Gasteiger partial charge in [0.15, 0.2) is 0 Å². The van der Waals surface area contributed by atoms with Gasteiger partial charge in [0.05, 0.1) is 22.5 Å². The normalized spacial score (nSPS) is 12.8. The van der Waals surface area contributed by atoms with Crippen LogP contribution in [0, 0.1) is 0 Å². The maximum Gasteiger partial charge on any atom is 0.417 e. The first-order chi connectivity index (χ1) is 16.5. The number of rotatable bonds is 9. The summed E-state index contributed by atoms with van der Waals surface area (Å²) in [6, 6.07) is 8.29. The highest BCUT2D eigenvalue weighted by Gasteiger charge is 2.35. The highest BCUT2D eigenvalue weighted by Crippen LogP contribution is 2.37. The smallest absolute Gasteiger partial charge is 0.352 e. The second kappa shape index (κ2) is 11.8. The van der Waals surface area contributed by atoms with Crippen LogP contribution < -0.4 is 9.62 Å². The molecule has 2 aromatic rings. The van der Waals surface area contributed by atoms with Crippen molar-refractivity contribution < 1.29 is 31.2 Å². The Hall–Kier alpha value is -2.31. The summed E-state index contributed by atoms with van der Waals surface area (Å²) < 4.78 is 66.5. The third kappa shape index (κ3) is 8.10. The summed E-state index contributed by atoms with van der Waals surface area (Å²) in [5.74, 6) is -1.24. The van der Waals surface area contributed by atoms with Crippen LogP contribution in [0.25, 0.3) is 0 Å². The zero-order valence-corrected chi connectivity index (χ0v) is 23.1. The topological polar surface area (TPSA) is 86.8 Å². The third-order valence-electron chi connectivity index (χ3n) is 5.09. The number of benzene rings is 2. The van der Waals surface area contributed by atoms with E-state index in [0.29, 0.717) is 15.9 Å². The Morgan fingerprint density at radius 3 is 2.17 bits per heavy atom. The lowest BCUT2D eigenvalue weighted by Gasteiger charge is -2.32. The minimum absolute atomic E-state index is 0.0369. The van der Waals surface area contributed by atoms with E-state index in [1.165, 1.54) is 11.8 Å². The van der Waals surface area contributed by atoms with Crippen LogP contribution in [0.1, 0.15) is 31.9 Å². The van der Waals surface area contributed by atoms with Crippen molar-refractivity contribution >= 4 is 55.1 Å². The lowest BCUT2D eigenvalue weighted by molar-refractivity contribution is -0.139. The van der Waals surface area contributed by atoms with Crippen molar-refractivity contribution in [3.05, 3.63) is 63.1 Å². The van der Waals surface area contributed by atoms with Gasteiger partial charge in [0.1, 0.15) is 12.6 Å². The average Bonchev–Trinajstić information content (AvgIpc) is 2.75. The molecule has 0 aromatic heterocycles. The molecule has 36 heavy (non-hydrogen) atoms. The number of amides is 2. The largest absolute Gasteiger partial charge is 0.417 e. The number of anilines is 1. The second-order valence-corrected chi connectivity index (χ2v) is 11.6. The molecule has 0 aliphatic heterocycles. The molecule has 0 aliphatic rings. The molecule has 0 bridgehead atoms. The highest BCUT2D eigenvalue weighted by atomic mass is 79.9. The summed E-state index contributed by atoms with van der Waals surface area (Å²) in [7, 11) is -4.20. The minimum atomic E-state index is -4.84. The highest BCUT2D eigenvalue weighted by molar-refractivity contribution is 9.10. The molecular weight excluding hydrogens is 587 g/mol. The van der Waals surface area contributed by atoms with Gasteiger partial charge in [-0.3, -0.25) is 13.9 Å². The Morgan fingerprint density at radius 2 is 1.67 bits per heavy atom. The molecule has 1 atom stereocenters. The fraction of sp³-hybridized carbons (Fsp3) is 0.391. The first kappa shape index (κ1) is 29.9. The lowest BCUT2D eigenvalue weighted by Crippen LogP contribution is -2.52. The monoisotopic (exact) mass is 611 g/mol. The van der Waals surface area contributed by atoms with Crippen LogP contribution in [0.3, 0.4) is 0 Å². The molecule has 2 amide bonds. The molecular formula is C23H26BrClF3N3O4S. The third-order valence-corrected chi connectivity index (χ3v) is 7.09. The first-order valence-corrected chi connectivity index (χ1v) is 13.7. The Morgan fingerprint density at radius 1 is 1.08 bits per heavy atom. The molecule has 0 unspecified atom stereocenters. The molecule has 13 heteroatoms. The van der Waals surface area contributed by atoms with Crippen LogP contribution in [0.4, 0.5) is 18.9 Å². The number of alkyl halides is 3. The molecule has 2 rings (SSSR count). The molecule has 0 radical (unpaired) electrons. The van der Waals surface area contributed by atoms with Crippen molar-refractivity contribution in [1.29, 1.82) is 0 Å². The molecule has 1 N–H and O–H groups in total. The van der Waals surface area contributed by atoms with E-state index in [4.69, 9.17) is 11.6 Å². The van der Waals surface area contributed by atoms with Crippen molar-refractivity contribution in [2.75, 3.05) is 17.1 Å². The summed E-state index contributed by atoms with van der Waals surface area (Å²) >= 11 is 8.98. The van der Waals surface area contributed by atoms with Gasteiger partial charge < -0.3 is 10.2 Å². The number of halogens is 5. The molecule has 0 fully saturated rings. The van der Waals surface area contributed by atoms with Gasteiger partial charge >= 0.3 is 6.18 Å². The predicted octanol–water partition coefficient (Wildman–Crippen LogP) is 4.83. The number of hydrogen-bond acceptors (Lipinski definition) is 4. The van der Waals surface area contributed by atoms with Gasteiger partial charge in [0.2, 0.25) is 21.8 Å². The number of carbonyl (C=O) groups is 2. The van der Waals surface area contributed by atoms with E-state index >= 15 is 0 Å². The fourth-order valence-electron chi connectivity index (χ4n) is 3.27. The summed E-state index contributed by atoms with van der Waals surface area (Å²) in [6.45, 7) is 4.12. The zero-order valence-electron chi connectivity index (χ0n) is 19.9.